The Morgan fingerprint density at radius 1 is 0.769 bits per heavy atom. The van der Waals surface area contributed by atoms with Gasteiger partial charge in [0.05, 0.1) is 0 Å². The number of allylic oxidation sites excluding steroid dienone is 8. The number of hydrogen-bond donors (Lipinski definition) is 0. The van der Waals surface area contributed by atoms with Crippen molar-refractivity contribution in [3.05, 3.63) is 41.0 Å². The molecule has 0 bridgehead atoms. The first kappa shape index (κ1) is 26.6. The van der Waals surface area contributed by atoms with Gasteiger partial charge in [-0.2, -0.15) is 0 Å². The molecule has 0 heterocycles. The van der Waals surface area contributed by atoms with E-state index in [1.807, 2.05) is 6.56 Å². The zero-order valence-corrected chi connectivity index (χ0v) is 23.3. The molecule has 2 aliphatic rings. The van der Waals surface area contributed by atoms with Crippen molar-refractivity contribution in [1.82, 2.24) is 0 Å². The Hall–Kier alpha value is 0.640. The average molecular weight is 495 g/mol. The molecule has 0 aromatic carbocycles. The van der Waals surface area contributed by atoms with Crippen molar-refractivity contribution < 1.29 is 17.4 Å². The quantitative estimate of drug-likeness (QED) is 0.303. The SMILES string of the molecule is CCCC1=CC(CC)=[C]([Zr]([CH3])([CH3])(=[SiH2])[C]2=C(CC)C=C(CCC)C2)C1.Cl.Cl. The molecular formula is C22H40Cl2SiZr. The summed E-state index contributed by atoms with van der Waals surface area (Å²) < 4.78 is 9.27. The van der Waals surface area contributed by atoms with Gasteiger partial charge in [-0.3, -0.25) is 0 Å². The first-order chi connectivity index (χ1) is 11.3. The third-order valence-corrected chi connectivity index (χ3v) is 23.2. The Bertz CT molecular complexity index is 648. The van der Waals surface area contributed by atoms with Crippen LogP contribution >= 0.6 is 24.8 Å². The van der Waals surface area contributed by atoms with Gasteiger partial charge in [-0.15, -0.1) is 24.8 Å². The monoisotopic (exact) mass is 492 g/mol. The normalized spacial score (nSPS) is 17.8. The van der Waals surface area contributed by atoms with Crippen LogP contribution in [0.5, 0.6) is 0 Å². The maximum Gasteiger partial charge on any atom is -0.147 e. The van der Waals surface area contributed by atoms with Crippen molar-refractivity contribution in [1.29, 1.82) is 0 Å². The average Bonchev–Trinajstić information content (AvgIpc) is 3.12. The molecule has 0 amide bonds. The smallest absolute Gasteiger partial charge is 0.147 e. The number of rotatable bonds is 8. The summed E-state index contributed by atoms with van der Waals surface area (Å²) in [6, 6.07) is 0. The first-order valence-electron chi connectivity index (χ1n) is 10.2. The van der Waals surface area contributed by atoms with Crippen molar-refractivity contribution in [2.45, 2.75) is 88.3 Å². The molecule has 0 aromatic rings. The second-order valence-electron chi connectivity index (χ2n) is 8.86. The fraction of sp³-hybridized carbons (Fsp3) is 0.636. The van der Waals surface area contributed by atoms with Crippen LogP contribution < -0.4 is 0 Å². The first-order valence-corrected chi connectivity index (χ1v) is 23.5. The van der Waals surface area contributed by atoms with Crippen LogP contribution in [0.2, 0.25) is 9.26 Å². The van der Waals surface area contributed by atoms with Crippen LogP contribution in [0, 0.1) is 0 Å². The van der Waals surface area contributed by atoms with Crippen LogP contribution in [0.1, 0.15) is 79.1 Å². The molecule has 26 heavy (non-hydrogen) atoms. The van der Waals surface area contributed by atoms with E-state index in [-0.39, 0.29) is 24.8 Å². The summed E-state index contributed by atoms with van der Waals surface area (Å²) in [5.74, 6) is 0. The zero-order chi connectivity index (χ0) is 18.0. The molecule has 0 spiro atoms. The molecule has 0 fully saturated rings. The summed E-state index contributed by atoms with van der Waals surface area (Å²) in [6.07, 6.45) is 15.3. The summed E-state index contributed by atoms with van der Waals surface area (Å²) in [5.41, 5.74) is 6.82. The predicted octanol–water partition coefficient (Wildman–Crippen LogP) is 7.75. The van der Waals surface area contributed by atoms with Gasteiger partial charge in [0.1, 0.15) is 0 Å². The zero-order valence-electron chi connectivity index (χ0n) is 17.8. The van der Waals surface area contributed by atoms with Gasteiger partial charge in [-0.25, -0.2) is 0 Å². The van der Waals surface area contributed by atoms with Gasteiger partial charge >= 0.3 is 154 Å². The van der Waals surface area contributed by atoms with E-state index in [0.29, 0.717) is 0 Å². The Kier molecular flexibility index (Phi) is 10.7. The number of halogens is 2. The molecule has 0 saturated heterocycles. The van der Waals surface area contributed by atoms with Crippen LogP contribution in [0.25, 0.3) is 0 Å². The molecule has 0 unspecified atom stereocenters. The fourth-order valence-corrected chi connectivity index (χ4v) is 20.1. The minimum absolute atomic E-state index is 0. The van der Waals surface area contributed by atoms with E-state index in [1.54, 1.807) is 22.3 Å². The van der Waals surface area contributed by atoms with Crippen LogP contribution in [0.4, 0.5) is 0 Å². The van der Waals surface area contributed by atoms with Gasteiger partial charge in [-0.05, 0) is 0 Å². The van der Waals surface area contributed by atoms with Crippen molar-refractivity contribution in [3.8, 4) is 0 Å². The second kappa shape index (κ2) is 10.4. The minimum atomic E-state index is -3.01. The third-order valence-electron chi connectivity index (χ3n) is 6.18. The van der Waals surface area contributed by atoms with Gasteiger partial charge in [0.15, 0.2) is 0 Å². The Balaban J connectivity index is 0.00000312. The summed E-state index contributed by atoms with van der Waals surface area (Å²) in [5, 5.41) is 0. The largest absolute Gasteiger partial charge is 0.147 e. The fourth-order valence-electron chi connectivity index (χ4n) is 4.82. The van der Waals surface area contributed by atoms with Gasteiger partial charge in [0.2, 0.25) is 0 Å². The summed E-state index contributed by atoms with van der Waals surface area (Å²) >= 11 is -3.01. The molecule has 0 saturated carbocycles. The maximum absolute atomic E-state index is 3.01. The molecule has 0 aliphatic heterocycles. The molecular weight excluding hydrogens is 454 g/mol. The van der Waals surface area contributed by atoms with Crippen molar-refractivity contribution in [2.24, 2.45) is 0 Å². The number of hydrogen-bond acceptors (Lipinski definition) is 0. The minimum Gasteiger partial charge on any atom is -0.147 e. The Morgan fingerprint density at radius 3 is 1.38 bits per heavy atom. The van der Waals surface area contributed by atoms with E-state index >= 15 is 0 Å². The summed E-state index contributed by atoms with van der Waals surface area (Å²) in [6.45, 7) is 11.8. The molecule has 0 nitrogen and oxygen atoms in total. The van der Waals surface area contributed by atoms with Crippen molar-refractivity contribution >= 4 is 31.7 Å². The third kappa shape index (κ3) is 5.37. The molecule has 2 rings (SSSR count). The van der Waals surface area contributed by atoms with E-state index in [9.17, 15) is 0 Å². The molecule has 2 aliphatic carbocycles. The summed E-state index contributed by atoms with van der Waals surface area (Å²) in [7, 11) is 0. The molecule has 0 radical (unpaired) electrons. The van der Waals surface area contributed by atoms with Gasteiger partial charge < -0.3 is 0 Å². The molecule has 4 heteroatoms. The Labute approximate surface area is 177 Å². The van der Waals surface area contributed by atoms with E-state index in [1.165, 1.54) is 51.4 Å². The van der Waals surface area contributed by atoms with Crippen LogP contribution in [0.15, 0.2) is 41.0 Å². The van der Waals surface area contributed by atoms with Crippen molar-refractivity contribution in [2.75, 3.05) is 0 Å². The van der Waals surface area contributed by atoms with Gasteiger partial charge in [-0.1, -0.05) is 0 Å². The van der Waals surface area contributed by atoms with Crippen LogP contribution in [-0.2, 0) is 17.4 Å². The van der Waals surface area contributed by atoms with E-state index in [2.05, 4.69) is 56.0 Å². The van der Waals surface area contributed by atoms with E-state index < -0.39 is 17.4 Å². The topological polar surface area (TPSA) is 0 Å². The van der Waals surface area contributed by atoms with Crippen LogP contribution in [0.3, 0.4) is 0 Å². The molecule has 0 N–H and O–H groups in total. The van der Waals surface area contributed by atoms with E-state index in [0.717, 1.165) is 0 Å². The molecule has 0 aromatic heterocycles. The molecule has 150 valence electrons. The van der Waals surface area contributed by atoms with Gasteiger partial charge in [0.25, 0.3) is 0 Å². The molecule has 0 atom stereocenters. The Morgan fingerprint density at radius 2 is 1.12 bits per heavy atom. The van der Waals surface area contributed by atoms with Gasteiger partial charge in [0, 0.05) is 0 Å². The standard InChI is InChI=1S/2C10H15.2CH3.2ClH.H2Si.Zr/c2*1-3-5-10-7-6-9(4-2)8-10;;;;;;/h2*8H,3-5,7H2,1-2H3;2*1H3;2*1H;1H2;. The maximum atomic E-state index is 2.72. The van der Waals surface area contributed by atoms with E-state index in [4.69, 9.17) is 0 Å². The predicted molar refractivity (Wildman–Crippen MR) is 125 cm³/mol. The van der Waals surface area contributed by atoms with Crippen molar-refractivity contribution in [3.63, 3.8) is 0 Å². The second-order valence-corrected chi connectivity index (χ2v) is 37.6. The van der Waals surface area contributed by atoms with Crippen LogP contribution in [-0.4, -0.2) is 6.88 Å². The summed E-state index contributed by atoms with van der Waals surface area (Å²) in [4.78, 5) is 0.